The van der Waals surface area contributed by atoms with Crippen molar-refractivity contribution in [3.8, 4) is 5.75 Å². The summed E-state index contributed by atoms with van der Waals surface area (Å²) in [6.45, 7) is 4.41. The van der Waals surface area contributed by atoms with Gasteiger partial charge < -0.3 is 14.5 Å². The summed E-state index contributed by atoms with van der Waals surface area (Å²) in [7, 11) is 1.67. The summed E-state index contributed by atoms with van der Waals surface area (Å²) in [6.07, 6.45) is 0.430. The van der Waals surface area contributed by atoms with Crippen molar-refractivity contribution in [3.63, 3.8) is 0 Å². The Kier molecular flexibility index (Phi) is 6.12. The van der Waals surface area contributed by atoms with Crippen LogP contribution in [-0.2, 0) is 22.5 Å². The standard InChI is InChI=1S/C29H30N2O3/c1-19(2)34-29(32)26-17-24-23-11-7-8-12-25(23)30-27(24)28(21-9-5-4-6-10-21)31(26)18-20-13-15-22(33-3)16-14-20/h4-16,19,26,28,30H,17-18H2,1-3H3/t26-,28-/m0/s1. The third-order valence-corrected chi connectivity index (χ3v) is 6.51. The molecule has 0 saturated heterocycles. The molecule has 0 unspecified atom stereocenters. The van der Waals surface area contributed by atoms with Crippen LogP contribution in [0.1, 0.15) is 42.3 Å². The van der Waals surface area contributed by atoms with Gasteiger partial charge in [0.2, 0.25) is 0 Å². The van der Waals surface area contributed by atoms with Gasteiger partial charge in [0.15, 0.2) is 0 Å². The summed E-state index contributed by atoms with van der Waals surface area (Å²) in [5, 5.41) is 1.17. The number of aromatic nitrogens is 1. The number of aromatic amines is 1. The summed E-state index contributed by atoms with van der Waals surface area (Å²) in [5.74, 6) is 0.635. The molecule has 1 aliphatic heterocycles. The summed E-state index contributed by atoms with van der Waals surface area (Å²) in [5.41, 5.74) is 5.70. The largest absolute Gasteiger partial charge is 0.497 e. The Morgan fingerprint density at radius 3 is 2.41 bits per heavy atom. The van der Waals surface area contributed by atoms with E-state index in [-0.39, 0.29) is 18.1 Å². The molecule has 4 aromatic rings. The number of rotatable bonds is 6. The summed E-state index contributed by atoms with van der Waals surface area (Å²) in [4.78, 5) is 19.4. The first-order valence-corrected chi connectivity index (χ1v) is 11.8. The molecule has 0 fully saturated rings. The number of hydrogen-bond acceptors (Lipinski definition) is 4. The Hall–Kier alpha value is -3.57. The van der Waals surface area contributed by atoms with E-state index in [2.05, 4.69) is 64.5 Å². The van der Waals surface area contributed by atoms with Gasteiger partial charge in [-0.2, -0.15) is 0 Å². The van der Waals surface area contributed by atoms with Crippen molar-refractivity contribution in [3.05, 3.63) is 101 Å². The maximum Gasteiger partial charge on any atom is 0.323 e. The normalized spacial score (nSPS) is 18.1. The topological polar surface area (TPSA) is 54.6 Å². The first kappa shape index (κ1) is 22.2. The molecule has 1 N–H and O–H groups in total. The molecule has 0 amide bonds. The van der Waals surface area contributed by atoms with E-state index >= 15 is 0 Å². The van der Waals surface area contributed by atoms with Gasteiger partial charge in [0.25, 0.3) is 0 Å². The fourth-order valence-corrected chi connectivity index (χ4v) is 5.00. The predicted molar refractivity (Wildman–Crippen MR) is 134 cm³/mol. The van der Waals surface area contributed by atoms with Crippen molar-refractivity contribution in [2.24, 2.45) is 0 Å². The van der Waals surface area contributed by atoms with Crippen molar-refractivity contribution < 1.29 is 14.3 Å². The van der Waals surface area contributed by atoms with Gasteiger partial charge >= 0.3 is 5.97 Å². The molecule has 2 heterocycles. The molecule has 3 aromatic carbocycles. The molecule has 34 heavy (non-hydrogen) atoms. The zero-order valence-corrected chi connectivity index (χ0v) is 19.8. The number of benzene rings is 3. The second-order valence-electron chi connectivity index (χ2n) is 9.10. The van der Waals surface area contributed by atoms with Crippen LogP contribution in [0, 0.1) is 0 Å². The van der Waals surface area contributed by atoms with E-state index in [9.17, 15) is 4.79 Å². The minimum absolute atomic E-state index is 0.107. The summed E-state index contributed by atoms with van der Waals surface area (Å²) in [6, 6.07) is 26.3. The van der Waals surface area contributed by atoms with Crippen molar-refractivity contribution in [1.82, 2.24) is 9.88 Å². The molecule has 5 heteroatoms. The van der Waals surface area contributed by atoms with Gasteiger partial charge in [-0.15, -0.1) is 0 Å². The van der Waals surface area contributed by atoms with Crippen LogP contribution in [0.5, 0.6) is 5.75 Å². The number of H-pyrrole nitrogens is 1. The minimum Gasteiger partial charge on any atom is -0.497 e. The fourth-order valence-electron chi connectivity index (χ4n) is 5.00. The van der Waals surface area contributed by atoms with E-state index in [1.54, 1.807) is 7.11 Å². The number of esters is 1. The Labute approximate surface area is 200 Å². The number of nitrogens with zero attached hydrogens (tertiary/aromatic N) is 1. The van der Waals surface area contributed by atoms with E-state index in [1.165, 1.54) is 10.9 Å². The van der Waals surface area contributed by atoms with E-state index < -0.39 is 6.04 Å². The second kappa shape index (κ2) is 9.35. The van der Waals surface area contributed by atoms with Crippen LogP contribution in [0.3, 0.4) is 0 Å². The second-order valence-corrected chi connectivity index (χ2v) is 9.10. The third-order valence-electron chi connectivity index (χ3n) is 6.51. The lowest BCUT2D eigenvalue weighted by atomic mass is 9.87. The van der Waals surface area contributed by atoms with Gasteiger partial charge in [0, 0.05) is 29.6 Å². The van der Waals surface area contributed by atoms with Crippen LogP contribution in [0.25, 0.3) is 10.9 Å². The zero-order chi connectivity index (χ0) is 23.7. The predicted octanol–water partition coefficient (Wildman–Crippen LogP) is 5.64. The van der Waals surface area contributed by atoms with Crippen molar-refractivity contribution in [2.75, 3.05) is 7.11 Å². The highest BCUT2D eigenvalue weighted by Crippen LogP contribution is 2.42. The van der Waals surface area contributed by atoms with Crippen molar-refractivity contribution >= 4 is 16.9 Å². The van der Waals surface area contributed by atoms with Gasteiger partial charge in [-0.25, -0.2) is 0 Å². The lowest BCUT2D eigenvalue weighted by Gasteiger charge is -2.41. The van der Waals surface area contributed by atoms with Crippen LogP contribution in [-0.4, -0.2) is 35.1 Å². The smallest absolute Gasteiger partial charge is 0.323 e. The SMILES string of the molecule is COc1ccc(CN2[C@@H](c3ccccc3)c3[nH]c4ccccc4c3C[C@H]2C(=O)OC(C)C)cc1. The monoisotopic (exact) mass is 454 g/mol. The molecule has 0 spiro atoms. The molecule has 0 radical (unpaired) electrons. The van der Waals surface area contributed by atoms with Crippen molar-refractivity contribution in [1.29, 1.82) is 0 Å². The first-order valence-electron chi connectivity index (χ1n) is 11.8. The van der Waals surface area contributed by atoms with Gasteiger partial charge in [-0.3, -0.25) is 9.69 Å². The maximum atomic E-state index is 13.5. The lowest BCUT2D eigenvalue weighted by Crippen LogP contribution is -2.49. The molecule has 1 aromatic heterocycles. The molecule has 174 valence electrons. The summed E-state index contributed by atoms with van der Waals surface area (Å²) >= 11 is 0. The van der Waals surface area contributed by atoms with Crippen LogP contribution < -0.4 is 4.74 Å². The maximum absolute atomic E-state index is 13.5. The number of carbonyl (C=O) groups excluding carboxylic acids is 1. The number of fused-ring (bicyclic) bond motifs is 3. The third kappa shape index (κ3) is 4.19. The average Bonchev–Trinajstić information content (AvgIpc) is 3.22. The number of carbonyl (C=O) groups is 1. The van der Waals surface area contributed by atoms with Gasteiger partial charge in [-0.05, 0) is 48.7 Å². The van der Waals surface area contributed by atoms with Crippen LogP contribution in [0.4, 0.5) is 0 Å². The molecular formula is C29H30N2O3. The van der Waals surface area contributed by atoms with Crippen LogP contribution in [0.15, 0.2) is 78.9 Å². The van der Waals surface area contributed by atoms with Crippen LogP contribution >= 0.6 is 0 Å². The van der Waals surface area contributed by atoms with E-state index in [4.69, 9.17) is 9.47 Å². The fraction of sp³-hybridized carbons (Fsp3) is 0.276. The Balaban J connectivity index is 1.66. The summed E-state index contributed by atoms with van der Waals surface area (Å²) < 4.78 is 11.1. The highest BCUT2D eigenvalue weighted by atomic mass is 16.5. The molecular weight excluding hydrogens is 424 g/mol. The first-order chi connectivity index (χ1) is 16.5. The zero-order valence-electron chi connectivity index (χ0n) is 19.8. The lowest BCUT2D eigenvalue weighted by molar-refractivity contribution is -0.155. The number of para-hydroxylation sites is 1. The molecule has 0 bridgehead atoms. The molecule has 2 atom stereocenters. The Bertz CT molecular complexity index is 1280. The number of methoxy groups -OCH3 is 1. The number of ether oxygens (including phenoxy) is 2. The van der Waals surface area contributed by atoms with Gasteiger partial charge in [-0.1, -0.05) is 60.7 Å². The quantitative estimate of drug-likeness (QED) is 0.383. The minimum atomic E-state index is -0.401. The molecule has 5 rings (SSSR count). The van der Waals surface area contributed by atoms with Crippen LogP contribution in [0.2, 0.25) is 0 Å². The highest BCUT2D eigenvalue weighted by molar-refractivity contribution is 5.87. The van der Waals surface area contributed by atoms with Gasteiger partial charge in [0.1, 0.15) is 11.8 Å². The van der Waals surface area contributed by atoms with Crippen molar-refractivity contribution in [2.45, 2.75) is 45.0 Å². The van der Waals surface area contributed by atoms with Gasteiger partial charge in [0.05, 0.1) is 19.3 Å². The highest BCUT2D eigenvalue weighted by Gasteiger charge is 2.41. The Morgan fingerprint density at radius 1 is 1.00 bits per heavy atom. The molecule has 0 saturated carbocycles. The number of nitrogens with one attached hydrogen (secondary N) is 1. The van der Waals surface area contributed by atoms with E-state index in [0.717, 1.165) is 28.1 Å². The molecule has 5 nitrogen and oxygen atoms in total. The average molecular weight is 455 g/mol. The molecule has 0 aliphatic carbocycles. The molecule has 1 aliphatic rings. The Morgan fingerprint density at radius 2 is 1.71 bits per heavy atom. The van der Waals surface area contributed by atoms with E-state index in [1.807, 2.05) is 38.1 Å². The number of hydrogen-bond donors (Lipinski definition) is 1. The van der Waals surface area contributed by atoms with E-state index in [0.29, 0.717) is 13.0 Å².